The summed E-state index contributed by atoms with van der Waals surface area (Å²) < 4.78 is 0. The van der Waals surface area contributed by atoms with Gasteiger partial charge in [-0.1, -0.05) is 30.3 Å². The first-order valence-electron chi connectivity index (χ1n) is 5.90. The Kier molecular flexibility index (Phi) is 3.76. The van der Waals surface area contributed by atoms with Crippen LogP contribution >= 0.6 is 0 Å². The summed E-state index contributed by atoms with van der Waals surface area (Å²) >= 11 is 0. The van der Waals surface area contributed by atoms with Crippen LogP contribution in [0.4, 0.5) is 0 Å². The second-order valence-corrected chi connectivity index (χ2v) is 4.62. The number of likely N-dealkylation sites (tertiary alicyclic amines) is 1. The van der Waals surface area contributed by atoms with Crippen LogP contribution < -0.4 is 5.73 Å². The lowest BCUT2D eigenvalue weighted by atomic mass is 9.97. The van der Waals surface area contributed by atoms with Gasteiger partial charge in [0.05, 0.1) is 5.92 Å². The second-order valence-electron chi connectivity index (χ2n) is 4.62. The molecule has 1 fully saturated rings. The van der Waals surface area contributed by atoms with Gasteiger partial charge in [0.15, 0.2) is 0 Å². The number of hydrogen-bond donors (Lipinski definition) is 2. The lowest BCUT2D eigenvalue weighted by Gasteiger charge is -2.15. The van der Waals surface area contributed by atoms with Crippen LogP contribution in [0.1, 0.15) is 5.56 Å². The molecule has 0 aliphatic carbocycles. The topological polar surface area (TPSA) is 66.6 Å². The summed E-state index contributed by atoms with van der Waals surface area (Å²) in [7, 11) is 0. The maximum absolute atomic E-state index is 11.1. The summed E-state index contributed by atoms with van der Waals surface area (Å²) in [6, 6.07) is 10.1. The van der Waals surface area contributed by atoms with Crippen LogP contribution in [0.5, 0.6) is 0 Å². The standard InChI is InChI=1S/C13H18N2O2/c14-6-11-8-15(9-12(11)13(16)17)7-10-4-2-1-3-5-10/h1-5,11-12H,6-9,14H2,(H,16,17). The van der Waals surface area contributed by atoms with Crippen molar-refractivity contribution in [3.63, 3.8) is 0 Å². The molecule has 1 aliphatic heterocycles. The number of aliphatic carboxylic acids is 1. The van der Waals surface area contributed by atoms with E-state index in [1.54, 1.807) is 0 Å². The summed E-state index contributed by atoms with van der Waals surface area (Å²) in [5.74, 6) is -0.962. The van der Waals surface area contributed by atoms with Crippen molar-refractivity contribution in [1.29, 1.82) is 0 Å². The van der Waals surface area contributed by atoms with E-state index in [4.69, 9.17) is 10.8 Å². The van der Waals surface area contributed by atoms with Gasteiger partial charge in [0.1, 0.15) is 0 Å². The molecule has 4 heteroatoms. The lowest BCUT2D eigenvalue weighted by molar-refractivity contribution is -0.142. The van der Waals surface area contributed by atoms with Gasteiger partial charge in [0.25, 0.3) is 0 Å². The van der Waals surface area contributed by atoms with Crippen molar-refractivity contribution in [1.82, 2.24) is 4.90 Å². The maximum Gasteiger partial charge on any atom is 0.308 e. The third-order valence-electron chi connectivity index (χ3n) is 3.39. The molecule has 4 nitrogen and oxygen atoms in total. The third kappa shape index (κ3) is 2.84. The molecule has 0 saturated carbocycles. The molecule has 1 aromatic rings. The van der Waals surface area contributed by atoms with Crippen molar-refractivity contribution >= 4 is 5.97 Å². The smallest absolute Gasteiger partial charge is 0.308 e. The fourth-order valence-electron chi connectivity index (χ4n) is 2.45. The molecule has 0 bridgehead atoms. The average molecular weight is 234 g/mol. The Morgan fingerprint density at radius 3 is 2.59 bits per heavy atom. The molecule has 0 aromatic heterocycles. The van der Waals surface area contributed by atoms with Crippen molar-refractivity contribution < 1.29 is 9.90 Å². The van der Waals surface area contributed by atoms with Gasteiger partial charge in [-0.15, -0.1) is 0 Å². The first-order valence-corrected chi connectivity index (χ1v) is 5.90. The van der Waals surface area contributed by atoms with E-state index in [0.29, 0.717) is 13.1 Å². The monoisotopic (exact) mass is 234 g/mol. The Morgan fingerprint density at radius 2 is 2.06 bits per heavy atom. The molecule has 17 heavy (non-hydrogen) atoms. The highest BCUT2D eigenvalue weighted by atomic mass is 16.4. The van der Waals surface area contributed by atoms with Gasteiger partial charge in [-0.05, 0) is 18.0 Å². The van der Waals surface area contributed by atoms with Gasteiger partial charge >= 0.3 is 5.97 Å². The first kappa shape index (κ1) is 12.1. The van der Waals surface area contributed by atoms with Gasteiger partial charge in [0.2, 0.25) is 0 Å². The van der Waals surface area contributed by atoms with E-state index in [1.807, 2.05) is 18.2 Å². The minimum atomic E-state index is -0.726. The minimum Gasteiger partial charge on any atom is -0.481 e. The quantitative estimate of drug-likeness (QED) is 0.808. The molecule has 2 unspecified atom stereocenters. The van der Waals surface area contributed by atoms with Crippen molar-refractivity contribution in [3.8, 4) is 0 Å². The number of benzene rings is 1. The summed E-state index contributed by atoms with van der Waals surface area (Å²) in [4.78, 5) is 13.3. The van der Waals surface area contributed by atoms with Crippen LogP contribution in [0.3, 0.4) is 0 Å². The van der Waals surface area contributed by atoms with Crippen LogP contribution in [0.15, 0.2) is 30.3 Å². The Labute approximate surface area is 101 Å². The van der Waals surface area contributed by atoms with E-state index in [9.17, 15) is 4.79 Å². The van der Waals surface area contributed by atoms with E-state index < -0.39 is 5.97 Å². The predicted molar refractivity (Wildman–Crippen MR) is 65.4 cm³/mol. The van der Waals surface area contributed by atoms with Gasteiger partial charge in [-0.25, -0.2) is 0 Å². The Bertz CT molecular complexity index is 380. The first-order chi connectivity index (χ1) is 8.20. The summed E-state index contributed by atoms with van der Waals surface area (Å²) in [6.45, 7) is 2.64. The normalized spacial score (nSPS) is 25.0. The van der Waals surface area contributed by atoms with E-state index in [-0.39, 0.29) is 11.8 Å². The Hall–Kier alpha value is -1.39. The van der Waals surface area contributed by atoms with Gasteiger partial charge in [-0.2, -0.15) is 0 Å². The Morgan fingerprint density at radius 1 is 1.35 bits per heavy atom. The highest BCUT2D eigenvalue weighted by Gasteiger charge is 2.36. The molecule has 2 atom stereocenters. The van der Waals surface area contributed by atoms with Gasteiger partial charge < -0.3 is 10.8 Å². The molecule has 1 saturated heterocycles. The van der Waals surface area contributed by atoms with Gasteiger partial charge in [0, 0.05) is 19.6 Å². The SMILES string of the molecule is NCC1CN(Cc2ccccc2)CC1C(=O)O. The number of nitrogens with zero attached hydrogens (tertiary/aromatic N) is 1. The van der Waals surface area contributed by atoms with Gasteiger partial charge in [-0.3, -0.25) is 9.69 Å². The highest BCUT2D eigenvalue weighted by Crippen LogP contribution is 2.24. The van der Waals surface area contributed by atoms with Crippen molar-refractivity contribution in [2.24, 2.45) is 17.6 Å². The zero-order chi connectivity index (χ0) is 12.3. The zero-order valence-corrected chi connectivity index (χ0v) is 9.75. The van der Waals surface area contributed by atoms with Crippen LogP contribution in [-0.4, -0.2) is 35.6 Å². The molecule has 0 amide bonds. The van der Waals surface area contributed by atoms with Crippen molar-refractivity contribution in [2.75, 3.05) is 19.6 Å². The van der Waals surface area contributed by atoms with E-state index >= 15 is 0 Å². The predicted octanol–water partition coefficient (Wildman–Crippen LogP) is 0.778. The molecule has 0 spiro atoms. The molecule has 3 N–H and O–H groups in total. The third-order valence-corrected chi connectivity index (χ3v) is 3.39. The van der Waals surface area contributed by atoms with Crippen molar-refractivity contribution in [2.45, 2.75) is 6.54 Å². The molecule has 1 aromatic carbocycles. The average Bonchev–Trinajstić information content (AvgIpc) is 2.73. The maximum atomic E-state index is 11.1. The number of hydrogen-bond acceptors (Lipinski definition) is 3. The largest absolute Gasteiger partial charge is 0.481 e. The summed E-state index contributed by atoms with van der Waals surface area (Å²) in [6.07, 6.45) is 0. The number of carboxylic acid groups (broad SMARTS) is 1. The molecule has 92 valence electrons. The molecular weight excluding hydrogens is 216 g/mol. The van der Waals surface area contributed by atoms with Crippen LogP contribution in [-0.2, 0) is 11.3 Å². The molecule has 2 rings (SSSR count). The fourth-order valence-corrected chi connectivity index (χ4v) is 2.45. The number of carbonyl (C=O) groups is 1. The molecule has 1 heterocycles. The minimum absolute atomic E-state index is 0.0798. The molecular formula is C13H18N2O2. The second kappa shape index (κ2) is 5.29. The Balaban J connectivity index is 1.99. The van der Waals surface area contributed by atoms with E-state index in [2.05, 4.69) is 17.0 Å². The molecule has 0 radical (unpaired) electrons. The number of nitrogens with two attached hydrogens (primary N) is 1. The lowest BCUT2D eigenvalue weighted by Crippen LogP contribution is -2.27. The van der Waals surface area contributed by atoms with E-state index in [0.717, 1.165) is 13.1 Å². The summed E-state index contributed by atoms with van der Waals surface area (Å²) in [5, 5.41) is 9.12. The fraction of sp³-hybridized carbons (Fsp3) is 0.462. The number of rotatable bonds is 4. The van der Waals surface area contributed by atoms with Crippen molar-refractivity contribution in [3.05, 3.63) is 35.9 Å². The molecule has 1 aliphatic rings. The van der Waals surface area contributed by atoms with Crippen LogP contribution in [0, 0.1) is 11.8 Å². The van der Waals surface area contributed by atoms with Crippen LogP contribution in [0.2, 0.25) is 0 Å². The van der Waals surface area contributed by atoms with E-state index in [1.165, 1.54) is 5.56 Å². The van der Waals surface area contributed by atoms with Crippen LogP contribution in [0.25, 0.3) is 0 Å². The number of carboxylic acids is 1. The highest BCUT2D eigenvalue weighted by molar-refractivity contribution is 5.71. The zero-order valence-electron chi connectivity index (χ0n) is 9.75. The summed E-state index contributed by atoms with van der Waals surface area (Å²) in [5.41, 5.74) is 6.84.